The van der Waals surface area contributed by atoms with Crippen molar-refractivity contribution < 1.29 is 14.3 Å². The second-order valence-corrected chi connectivity index (χ2v) is 5.60. The van der Waals surface area contributed by atoms with Gasteiger partial charge in [-0.05, 0) is 30.9 Å². The summed E-state index contributed by atoms with van der Waals surface area (Å²) in [5.41, 5.74) is 0.515. The molecule has 6 nitrogen and oxygen atoms in total. The summed E-state index contributed by atoms with van der Waals surface area (Å²) in [6.45, 7) is 1.70. The Kier molecular flexibility index (Phi) is 3.77. The number of fused-ring (bicyclic) bond motifs is 1. The van der Waals surface area contributed by atoms with Gasteiger partial charge in [0.1, 0.15) is 5.82 Å². The fraction of sp³-hybridized carbons (Fsp3) is 0.533. The van der Waals surface area contributed by atoms with Crippen molar-refractivity contribution in [2.75, 3.05) is 25.1 Å². The van der Waals surface area contributed by atoms with E-state index in [-0.39, 0.29) is 17.9 Å². The van der Waals surface area contributed by atoms with E-state index < -0.39 is 0 Å². The number of amides is 1. The van der Waals surface area contributed by atoms with Gasteiger partial charge in [0.25, 0.3) is 0 Å². The van der Waals surface area contributed by atoms with Crippen molar-refractivity contribution in [3.05, 3.63) is 23.9 Å². The Balaban J connectivity index is 1.73. The van der Waals surface area contributed by atoms with Crippen LogP contribution in [0.1, 0.15) is 29.6 Å². The summed E-state index contributed by atoms with van der Waals surface area (Å²) in [5.74, 6) is 1.07. The van der Waals surface area contributed by atoms with Gasteiger partial charge in [0.2, 0.25) is 5.91 Å². The Hall–Kier alpha value is -2.11. The number of esters is 1. The molecule has 1 N–H and O–H groups in total. The molecule has 3 heterocycles. The van der Waals surface area contributed by atoms with E-state index in [0.717, 1.165) is 31.7 Å². The van der Waals surface area contributed by atoms with Gasteiger partial charge in [0.05, 0.1) is 12.7 Å². The molecule has 2 atom stereocenters. The van der Waals surface area contributed by atoms with E-state index >= 15 is 0 Å². The summed E-state index contributed by atoms with van der Waals surface area (Å²) in [7, 11) is 1.37. The molecule has 0 aliphatic carbocycles. The van der Waals surface area contributed by atoms with Gasteiger partial charge in [-0.25, -0.2) is 9.78 Å². The molecule has 1 aromatic heterocycles. The Morgan fingerprint density at radius 3 is 3.14 bits per heavy atom. The van der Waals surface area contributed by atoms with Crippen molar-refractivity contribution in [2.24, 2.45) is 5.92 Å². The van der Waals surface area contributed by atoms with Crippen LogP contribution in [0.25, 0.3) is 0 Å². The lowest BCUT2D eigenvalue weighted by Gasteiger charge is -2.41. The Morgan fingerprint density at radius 1 is 1.48 bits per heavy atom. The first-order valence-corrected chi connectivity index (χ1v) is 7.26. The molecule has 2 unspecified atom stereocenters. The second kappa shape index (κ2) is 5.71. The molecule has 0 saturated carbocycles. The molecule has 3 rings (SSSR count). The van der Waals surface area contributed by atoms with Gasteiger partial charge in [-0.3, -0.25) is 4.79 Å². The van der Waals surface area contributed by atoms with Gasteiger partial charge in [-0.2, -0.15) is 0 Å². The maximum Gasteiger partial charge on any atom is 0.338 e. The van der Waals surface area contributed by atoms with Gasteiger partial charge in [0, 0.05) is 31.7 Å². The standard InChI is InChI=1S/C15H19N3O3/c1-21-15(20)10-4-6-16-13(8-10)18-7-5-12-11(9-18)2-3-14(19)17-12/h4,6,8,11-12H,2-3,5,7,9H2,1H3,(H,17,19). The van der Waals surface area contributed by atoms with Crippen molar-refractivity contribution in [2.45, 2.75) is 25.3 Å². The SMILES string of the molecule is COC(=O)c1ccnc(N2CCC3NC(=O)CCC3C2)c1. The number of anilines is 1. The number of methoxy groups -OCH3 is 1. The third-order valence-corrected chi connectivity index (χ3v) is 4.31. The fourth-order valence-corrected chi connectivity index (χ4v) is 3.15. The number of rotatable bonds is 2. The lowest BCUT2D eigenvalue weighted by atomic mass is 9.85. The van der Waals surface area contributed by atoms with E-state index in [1.165, 1.54) is 7.11 Å². The lowest BCUT2D eigenvalue weighted by molar-refractivity contribution is -0.124. The third kappa shape index (κ3) is 2.84. The fourth-order valence-electron chi connectivity index (χ4n) is 3.15. The molecule has 0 aromatic carbocycles. The minimum Gasteiger partial charge on any atom is -0.465 e. The normalized spacial score (nSPS) is 25.0. The Labute approximate surface area is 123 Å². The first kappa shape index (κ1) is 13.9. The number of nitrogens with one attached hydrogen (secondary N) is 1. The zero-order valence-electron chi connectivity index (χ0n) is 12.0. The number of carbonyl (C=O) groups excluding carboxylic acids is 2. The molecule has 2 aliphatic heterocycles. The minimum atomic E-state index is -0.349. The number of hydrogen-bond acceptors (Lipinski definition) is 5. The predicted octanol–water partition coefficient (Wildman–Crippen LogP) is 0.973. The van der Waals surface area contributed by atoms with Crippen molar-refractivity contribution in [1.29, 1.82) is 0 Å². The molecule has 112 valence electrons. The molecule has 2 fully saturated rings. The Bertz CT molecular complexity index is 561. The molecule has 2 aliphatic rings. The van der Waals surface area contributed by atoms with E-state index in [1.54, 1.807) is 18.3 Å². The highest BCUT2D eigenvalue weighted by Gasteiger charge is 2.34. The van der Waals surface area contributed by atoms with Crippen LogP contribution in [-0.2, 0) is 9.53 Å². The summed E-state index contributed by atoms with van der Waals surface area (Å²) >= 11 is 0. The number of pyridine rings is 1. The van der Waals surface area contributed by atoms with E-state index in [0.29, 0.717) is 17.9 Å². The number of piperidine rings is 2. The van der Waals surface area contributed by atoms with Crippen molar-refractivity contribution in [1.82, 2.24) is 10.3 Å². The van der Waals surface area contributed by atoms with E-state index in [2.05, 4.69) is 15.2 Å². The van der Waals surface area contributed by atoms with Gasteiger partial charge >= 0.3 is 5.97 Å². The minimum absolute atomic E-state index is 0.163. The molecule has 2 saturated heterocycles. The molecular formula is C15H19N3O3. The molecule has 21 heavy (non-hydrogen) atoms. The highest BCUT2D eigenvalue weighted by Crippen LogP contribution is 2.28. The topological polar surface area (TPSA) is 71.5 Å². The van der Waals surface area contributed by atoms with Crippen LogP contribution in [0.2, 0.25) is 0 Å². The van der Waals surface area contributed by atoms with E-state index in [4.69, 9.17) is 4.74 Å². The first-order chi connectivity index (χ1) is 10.2. The molecule has 0 bridgehead atoms. The molecule has 1 amide bonds. The smallest absolute Gasteiger partial charge is 0.338 e. The van der Waals surface area contributed by atoms with Crippen molar-refractivity contribution in [3.8, 4) is 0 Å². The maximum atomic E-state index is 11.6. The van der Waals surface area contributed by atoms with Crippen molar-refractivity contribution in [3.63, 3.8) is 0 Å². The van der Waals surface area contributed by atoms with Gasteiger partial charge in [0.15, 0.2) is 0 Å². The van der Waals surface area contributed by atoms with Crippen LogP contribution in [0.5, 0.6) is 0 Å². The summed E-state index contributed by atoms with van der Waals surface area (Å²) < 4.78 is 4.74. The second-order valence-electron chi connectivity index (χ2n) is 5.60. The van der Waals surface area contributed by atoms with Gasteiger partial charge in [-0.15, -0.1) is 0 Å². The molecule has 6 heteroatoms. The van der Waals surface area contributed by atoms with Crippen LogP contribution in [0.15, 0.2) is 18.3 Å². The van der Waals surface area contributed by atoms with Crippen LogP contribution < -0.4 is 10.2 Å². The Morgan fingerprint density at radius 2 is 2.33 bits per heavy atom. The molecule has 0 radical (unpaired) electrons. The highest BCUT2D eigenvalue weighted by atomic mass is 16.5. The first-order valence-electron chi connectivity index (χ1n) is 7.26. The monoisotopic (exact) mass is 289 g/mol. The molecule has 1 aromatic rings. The van der Waals surface area contributed by atoms with Crippen molar-refractivity contribution >= 4 is 17.7 Å². The van der Waals surface area contributed by atoms with Crippen LogP contribution in [0, 0.1) is 5.92 Å². The number of ether oxygens (including phenoxy) is 1. The van der Waals surface area contributed by atoms with Crippen LogP contribution in [0.3, 0.4) is 0 Å². The summed E-state index contributed by atoms with van der Waals surface area (Å²) in [6.07, 6.45) is 4.07. The zero-order valence-corrected chi connectivity index (χ0v) is 12.0. The summed E-state index contributed by atoms with van der Waals surface area (Å²) in [5, 5.41) is 3.07. The largest absolute Gasteiger partial charge is 0.465 e. The quantitative estimate of drug-likeness (QED) is 0.822. The van der Waals surface area contributed by atoms with E-state index in [9.17, 15) is 9.59 Å². The number of nitrogens with zero attached hydrogens (tertiary/aromatic N) is 2. The summed E-state index contributed by atoms with van der Waals surface area (Å²) in [6, 6.07) is 3.71. The van der Waals surface area contributed by atoms with Crippen LogP contribution in [0.4, 0.5) is 5.82 Å². The zero-order chi connectivity index (χ0) is 14.8. The van der Waals surface area contributed by atoms with Gasteiger partial charge < -0.3 is 15.0 Å². The van der Waals surface area contributed by atoms with Crippen LogP contribution in [-0.4, -0.2) is 43.1 Å². The van der Waals surface area contributed by atoms with Gasteiger partial charge in [-0.1, -0.05) is 0 Å². The average Bonchev–Trinajstić information content (AvgIpc) is 2.53. The summed E-state index contributed by atoms with van der Waals surface area (Å²) in [4.78, 5) is 29.6. The van der Waals surface area contributed by atoms with Crippen LogP contribution >= 0.6 is 0 Å². The molecular weight excluding hydrogens is 270 g/mol. The number of carbonyl (C=O) groups is 2. The van der Waals surface area contributed by atoms with E-state index in [1.807, 2.05) is 0 Å². The lowest BCUT2D eigenvalue weighted by Crippen LogP contribution is -2.54. The highest BCUT2D eigenvalue weighted by molar-refractivity contribution is 5.90. The number of aromatic nitrogens is 1. The predicted molar refractivity (Wildman–Crippen MR) is 77.1 cm³/mol. The number of hydrogen-bond donors (Lipinski definition) is 1. The maximum absolute atomic E-state index is 11.6. The average molecular weight is 289 g/mol. The third-order valence-electron chi connectivity index (χ3n) is 4.31. The molecule has 0 spiro atoms.